The van der Waals surface area contributed by atoms with Crippen molar-refractivity contribution in [3.8, 4) is 12.3 Å². The van der Waals surface area contributed by atoms with Crippen molar-refractivity contribution in [3.63, 3.8) is 0 Å². The molecule has 3 aromatic heterocycles. The summed E-state index contributed by atoms with van der Waals surface area (Å²) < 4.78 is 20.2. The molecule has 5 rings (SSSR count). The number of terminal acetylenes is 1. The van der Waals surface area contributed by atoms with Gasteiger partial charge in [0.25, 0.3) is 5.91 Å². The zero-order chi connectivity index (χ0) is 23.9. The van der Waals surface area contributed by atoms with E-state index in [-0.39, 0.29) is 22.9 Å². The van der Waals surface area contributed by atoms with E-state index in [0.29, 0.717) is 29.7 Å². The standard InChI is InChI=1S/C24H23FN4O3S2/c1-3-4-8-24(27-28-24)11-12-29(22(31)17-5-6-19(25)34-17)20(21(30)26-23(2)9-10-23)18-14-15-16(33-18)7-13-32-15/h1,5-7,13-14,20H,4,8-12H2,2H3,(H,26,30). The highest BCUT2D eigenvalue weighted by Gasteiger charge is 2.45. The van der Waals surface area contributed by atoms with E-state index in [1.54, 1.807) is 12.3 Å². The highest BCUT2D eigenvalue weighted by molar-refractivity contribution is 7.19. The van der Waals surface area contributed by atoms with Gasteiger partial charge in [-0.15, -0.1) is 35.0 Å². The van der Waals surface area contributed by atoms with Gasteiger partial charge in [-0.05, 0) is 44.0 Å². The number of hydrogen-bond donors (Lipinski definition) is 1. The summed E-state index contributed by atoms with van der Waals surface area (Å²) in [6.45, 7) is 2.20. The Morgan fingerprint density at radius 2 is 2.09 bits per heavy atom. The molecule has 0 spiro atoms. The predicted octanol–water partition coefficient (Wildman–Crippen LogP) is 5.51. The van der Waals surface area contributed by atoms with Crippen LogP contribution in [0.3, 0.4) is 0 Å². The molecule has 3 aromatic rings. The van der Waals surface area contributed by atoms with Crippen molar-refractivity contribution in [2.75, 3.05) is 6.54 Å². The van der Waals surface area contributed by atoms with Gasteiger partial charge in [0.2, 0.25) is 5.91 Å². The fourth-order valence-electron chi connectivity index (χ4n) is 3.91. The maximum Gasteiger partial charge on any atom is 0.265 e. The molecule has 1 atom stereocenters. The molecule has 1 aliphatic heterocycles. The number of nitrogens with zero attached hydrogens (tertiary/aromatic N) is 3. The highest BCUT2D eigenvalue weighted by Crippen LogP contribution is 2.41. The molecule has 0 aromatic carbocycles. The number of amides is 2. The summed E-state index contributed by atoms with van der Waals surface area (Å²) in [5.41, 5.74) is -0.245. The Bertz CT molecular complexity index is 1280. The minimum atomic E-state index is -0.897. The van der Waals surface area contributed by atoms with Crippen LogP contribution in [0.2, 0.25) is 0 Å². The van der Waals surface area contributed by atoms with Crippen LogP contribution in [0.4, 0.5) is 4.39 Å². The monoisotopic (exact) mass is 498 g/mol. The van der Waals surface area contributed by atoms with Gasteiger partial charge in [-0.2, -0.15) is 14.6 Å². The van der Waals surface area contributed by atoms with Crippen LogP contribution in [-0.2, 0) is 4.79 Å². The van der Waals surface area contributed by atoms with E-state index in [0.717, 1.165) is 28.9 Å². The molecule has 2 amide bonds. The van der Waals surface area contributed by atoms with E-state index in [1.165, 1.54) is 28.4 Å². The number of furan rings is 1. The van der Waals surface area contributed by atoms with Crippen molar-refractivity contribution >= 4 is 44.8 Å². The van der Waals surface area contributed by atoms with Crippen LogP contribution < -0.4 is 5.32 Å². The molecule has 0 bridgehead atoms. The number of fused-ring (bicyclic) bond motifs is 1. The topological polar surface area (TPSA) is 87.3 Å². The van der Waals surface area contributed by atoms with Gasteiger partial charge in [-0.25, -0.2) is 0 Å². The summed E-state index contributed by atoms with van der Waals surface area (Å²) >= 11 is 2.17. The maximum atomic E-state index is 13.8. The van der Waals surface area contributed by atoms with Crippen molar-refractivity contribution in [1.29, 1.82) is 0 Å². The fourth-order valence-corrected chi connectivity index (χ4v) is 5.69. The Morgan fingerprint density at radius 3 is 2.71 bits per heavy atom. The zero-order valence-corrected chi connectivity index (χ0v) is 20.2. The molecular formula is C24H23FN4O3S2. The molecule has 176 valence electrons. The summed E-state index contributed by atoms with van der Waals surface area (Å²) in [5.74, 6) is 1.92. The van der Waals surface area contributed by atoms with E-state index < -0.39 is 22.7 Å². The Balaban J connectivity index is 1.49. The van der Waals surface area contributed by atoms with Crippen molar-refractivity contribution in [2.45, 2.75) is 56.3 Å². The van der Waals surface area contributed by atoms with Gasteiger partial charge >= 0.3 is 0 Å². The molecule has 1 unspecified atom stereocenters. The number of nitrogens with one attached hydrogen (secondary N) is 1. The number of hydrogen-bond acceptors (Lipinski definition) is 7. The van der Waals surface area contributed by atoms with Crippen LogP contribution >= 0.6 is 22.7 Å². The minimum Gasteiger partial charge on any atom is -0.463 e. The smallest absolute Gasteiger partial charge is 0.265 e. The molecule has 0 saturated heterocycles. The Kier molecular flexibility index (Phi) is 5.78. The van der Waals surface area contributed by atoms with Gasteiger partial charge < -0.3 is 14.6 Å². The lowest BCUT2D eigenvalue weighted by Crippen LogP contribution is -2.47. The summed E-state index contributed by atoms with van der Waals surface area (Å²) in [6.07, 6.45) is 10.3. The second-order valence-corrected chi connectivity index (χ2v) is 11.1. The molecule has 1 saturated carbocycles. The molecule has 4 heterocycles. The summed E-state index contributed by atoms with van der Waals surface area (Å²) in [4.78, 5) is 29.7. The first-order valence-corrected chi connectivity index (χ1v) is 12.7. The van der Waals surface area contributed by atoms with Gasteiger partial charge in [0.15, 0.2) is 10.8 Å². The largest absolute Gasteiger partial charge is 0.463 e. The highest BCUT2D eigenvalue weighted by atomic mass is 32.1. The van der Waals surface area contributed by atoms with Crippen LogP contribution in [-0.4, -0.2) is 34.5 Å². The second kappa shape index (κ2) is 8.64. The third-order valence-electron chi connectivity index (χ3n) is 6.26. The third kappa shape index (κ3) is 4.63. The van der Waals surface area contributed by atoms with E-state index in [1.807, 2.05) is 13.0 Å². The van der Waals surface area contributed by atoms with Crippen molar-refractivity contribution in [1.82, 2.24) is 10.2 Å². The zero-order valence-electron chi connectivity index (χ0n) is 18.5. The lowest BCUT2D eigenvalue weighted by molar-refractivity contribution is -0.126. The van der Waals surface area contributed by atoms with Crippen molar-refractivity contribution in [3.05, 3.63) is 45.4 Å². The molecule has 7 nitrogen and oxygen atoms in total. The summed E-state index contributed by atoms with van der Waals surface area (Å²) in [7, 11) is 0. The van der Waals surface area contributed by atoms with Gasteiger partial charge in [-0.3, -0.25) is 9.59 Å². The first kappa shape index (κ1) is 22.7. The maximum absolute atomic E-state index is 13.8. The number of carbonyl (C=O) groups excluding carboxylic acids is 2. The summed E-state index contributed by atoms with van der Waals surface area (Å²) in [6, 6.07) is 5.44. The van der Waals surface area contributed by atoms with E-state index >= 15 is 0 Å². The quantitative estimate of drug-likeness (QED) is 0.374. The van der Waals surface area contributed by atoms with Crippen LogP contribution in [0.25, 0.3) is 10.3 Å². The molecule has 10 heteroatoms. The average molecular weight is 499 g/mol. The van der Waals surface area contributed by atoms with E-state index in [4.69, 9.17) is 10.8 Å². The third-order valence-corrected chi connectivity index (χ3v) is 8.26. The van der Waals surface area contributed by atoms with Crippen LogP contribution in [0, 0.1) is 17.5 Å². The number of halogens is 1. The molecule has 1 fully saturated rings. The molecule has 0 radical (unpaired) electrons. The first-order chi connectivity index (χ1) is 16.3. The number of thiophene rings is 2. The van der Waals surface area contributed by atoms with Gasteiger partial charge in [0.05, 0.1) is 15.8 Å². The lowest BCUT2D eigenvalue weighted by Gasteiger charge is -2.31. The predicted molar refractivity (Wildman–Crippen MR) is 128 cm³/mol. The molecule has 2 aliphatic rings. The minimum absolute atomic E-state index is 0.212. The number of carbonyl (C=O) groups is 2. The first-order valence-electron chi connectivity index (χ1n) is 11.0. The SMILES string of the molecule is C#CCCC1(CCN(C(=O)c2ccc(F)s2)C(C(=O)NC2(C)CC2)c2cc3occc3s2)N=N1. The molecule has 1 aliphatic carbocycles. The normalized spacial score (nSPS) is 17.8. The lowest BCUT2D eigenvalue weighted by atomic mass is 10.0. The van der Waals surface area contributed by atoms with Gasteiger partial charge in [-0.1, -0.05) is 0 Å². The Hall–Kier alpha value is -3.03. The van der Waals surface area contributed by atoms with E-state index in [2.05, 4.69) is 21.5 Å². The Labute approximate surface area is 204 Å². The van der Waals surface area contributed by atoms with E-state index in [9.17, 15) is 14.0 Å². The van der Waals surface area contributed by atoms with Gasteiger partial charge in [0, 0.05) is 36.2 Å². The van der Waals surface area contributed by atoms with Crippen LogP contribution in [0.5, 0.6) is 0 Å². The summed E-state index contributed by atoms with van der Waals surface area (Å²) in [5, 5.41) is 11.0. The molecule has 34 heavy (non-hydrogen) atoms. The van der Waals surface area contributed by atoms with Crippen molar-refractivity contribution in [2.24, 2.45) is 10.2 Å². The van der Waals surface area contributed by atoms with Gasteiger partial charge in [0.1, 0.15) is 11.6 Å². The van der Waals surface area contributed by atoms with Crippen molar-refractivity contribution < 1.29 is 18.4 Å². The Morgan fingerprint density at radius 1 is 1.29 bits per heavy atom. The average Bonchev–Trinajstić information content (AvgIpc) is 3.52. The fraction of sp³-hybridized carbons (Fsp3) is 0.417. The second-order valence-electron chi connectivity index (χ2n) is 8.99. The number of rotatable bonds is 10. The molecule has 1 N–H and O–H groups in total. The molecular weight excluding hydrogens is 475 g/mol. The van der Waals surface area contributed by atoms with Crippen LogP contribution in [0.1, 0.15) is 59.6 Å². The van der Waals surface area contributed by atoms with Crippen LogP contribution in [0.15, 0.2) is 45.2 Å².